The molecule has 0 saturated heterocycles. The minimum Gasteiger partial charge on any atom is -0.143 e. The van der Waals surface area contributed by atoms with E-state index in [1.807, 2.05) is 11.3 Å². The third-order valence-electron chi connectivity index (χ3n) is 2.07. The van der Waals surface area contributed by atoms with Crippen molar-refractivity contribution in [1.82, 2.24) is 0 Å². The molecule has 1 aromatic heterocycles. The van der Waals surface area contributed by atoms with E-state index in [4.69, 9.17) is 0 Å². The van der Waals surface area contributed by atoms with Gasteiger partial charge in [-0.1, -0.05) is 6.92 Å². The molecule has 0 atom stereocenters. The number of halogens is 1. The Labute approximate surface area is 101 Å². The molecule has 68 valence electrons. The standard InChI is InChI=1S/C10H9IS2/c1-2-6-4-9-7(3-8(6)12)5-10(11)13-9/h3-5,12H,2H2,1H3. The summed E-state index contributed by atoms with van der Waals surface area (Å²) in [5.74, 6) is 0. The Kier molecular flexibility index (Phi) is 2.86. The Morgan fingerprint density at radius 1 is 1.38 bits per heavy atom. The lowest BCUT2D eigenvalue weighted by molar-refractivity contribution is 1.09. The zero-order valence-corrected chi connectivity index (χ0v) is 11.0. The highest BCUT2D eigenvalue weighted by Crippen LogP contribution is 2.30. The molecule has 1 aromatic carbocycles. The van der Waals surface area contributed by atoms with Crippen molar-refractivity contribution in [2.45, 2.75) is 18.2 Å². The van der Waals surface area contributed by atoms with Gasteiger partial charge < -0.3 is 0 Å². The number of thiophene rings is 1. The summed E-state index contributed by atoms with van der Waals surface area (Å²) in [5, 5.41) is 1.32. The third-order valence-corrected chi connectivity index (χ3v) is 4.34. The van der Waals surface area contributed by atoms with Crippen LogP contribution in [0.25, 0.3) is 10.1 Å². The van der Waals surface area contributed by atoms with Gasteiger partial charge in [-0.25, -0.2) is 0 Å². The Bertz CT molecular complexity index is 445. The molecular weight excluding hydrogens is 311 g/mol. The number of rotatable bonds is 1. The summed E-state index contributed by atoms with van der Waals surface area (Å²) in [4.78, 5) is 1.12. The highest BCUT2D eigenvalue weighted by atomic mass is 127. The summed E-state index contributed by atoms with van der Waals surface area (Å²) in [5.41, 5.74) is 1.34. The van der Waals surface area contributed by atoms with E-state index >= 15 is 0 Å². The van der Waals surface area contributed by atoms with Crippen molar-refractivity contribution >= 4 is 56.6 Å². The Morgan fingerprint density at radius 2 is 2.15 bits per heavy atom. The van der Waals surface area contributed by atoms with Gasteiger partial charge in [-0.05, 0) is 58.2 Å². The molecule has 13 heavy (non-hydrogen) atoms. The number of fused-ring (bicyclic) bond motifs is 1. The average Bonchev–Trinajstić information content (AvgIpc) is 2.42. The van der Waals surface area contributed by atoms with Crippen LogP contribution < -0.4 is 0 Å². The number of hydrogen-bond donors (Lipinski definition) is 1. The van der Waals surface area contributed by atoms with Gasteiger partial charge in [-0.3, -0.25) is 0 Å². The van der Waals surface area contributed by atoms with Gasteiger partial charge >= 0.3 is 0 Å². The van der Waals surface area contributed by atoms with Crippen molar-refractivity contribution in [3.8, 4) is 0 Å². The molecule has 0 nitrogen and oxygen atoms in total. The molecular formula is C10H9IS2. The first-order valence-electron chi connectivity index (χ1n) is 4.11. The molecule has 0 aliphatic rings. The molecule has 0 fully saturated rings. The van der Waals surface area contributed by atoms with Crippen molar-refractivity contribution in [2.75, 3.05) is 0 Å². The van der Waals surface area contributed by atoms with Crippen molar-refractivity contribution < 1.29 is 0 Å². The second-order valence-corrected chi connectivity index (χ2v) is 6.38. The Hall–Kier alpha value is 0.260. The zero-order chi connectivity index (χ0) is 9.42. The number of aryl methyl sites for hydroxylation is 1. The summed E-state index contributed by atoms with van der Waals surface area (Å²) >= 11 is 8.67. The maximum Gasteiger partial charge on any atom is 0.0666 e. The van der Waals surface area contributed by atoms with Gasteiger partial charge in [0.25, 0.3) is 0 Å². The smallest absolute Gasteiger partial charge is 0.0666 e. The second-order valence-electron chi connectivity index (χ2n) is 2.92. The molecule has 3 heteroatoms. The molecule has 2 aromatic rings. The lowest BCUT2D eigenvalue weighted by Gasteiger charge is -2.00. The predicted molar refractivity (Wildman–Crippen MR) is 71.2 cm³/mol. The highest BCUT2D eigenvalue weighted by molar-refractivity contribution is 14.1. The first kappa shape index (κ1) is 9.80. The summed E-state index contributed by atoms with van der Waals surface area (Å²) in [6.45, 7) is 2.17. The molecule has 0 saturated carbocycles. The fraction of sp³-hybridized carbons (Fsp3) is 0.200. The van der Waals surface area contributed by atoms with Gasteiger partial charge in [0, 0.05) is 9.60 Å². The first-order chi connectivity index (χ1) is 6.20. The Balaban J connectivity index is 2.72. The van der Waals surface area contributed by atoms with Crippen molar-refractivity contribution in [3.05, 3.63) is 26.6 Å². The SMILES string of the molecule is CCc1cc2sc(I)cc2cc1S. The summed E-state index contributed by atoms with van der Waals surface area (Å²) in [6, 6.07) is 6.63. The van der Waals surface area contributed by atoms with E-state index in [-0.39, 0.29) is 0 Å². The lowest BCUT2D eigenvalue weighted by atomic mass is 10.1. The first-order valence-corrected chi connectivity index (χ1v) is 6.46. The largest absolute Gasteiger partial charge is 0.143 e. The fourth-order valence-electron chi connectivity index (χ4n) is 1.37. The minimum absolute atomic E-state index is 1.06. The Morgan fingerprint density at radius 3 is 2.85 bits per heavy atom. The van der Waals surface area contributed by atoms with Crippen LogP contribution in [0.4, 0.5) is 0 Å². The molecule has 2 rings (SSSR count). The molecule has 0 radical (unpaired) electrons. The van der Waals surface area contributed by atoms with Crippen LogP contribution in [0, 0.1) is 2.88 Å². The van der Waals surface area contributed by atoms with Crippen LogP contribution in [-0.2, 0) is 6.42 Å². The van der Waals surface area contributed by atoms with Gasteiger partial charge in [0.05, 0.1) is 2.88 Å². The van der Waals surface area contributed by atoms with Crippen LogP contribution in [0.5, 0.6) is 0 Å². The van der Waals surface area contributed by atoms with E-state index in [0.717, 1.165) is 11.3 Å². The van der Waals surface area contributed by atoms with Crippen molar-refractivity contribution in [3.63, 3.8) is 0 Å². The molecule has 0 N–H and O–H groups in total. The van der Waals surface area contributed by atoms with Crippen LogP contribution in [0.2, 0.25) is 0 Å². The van der Waals surface area contributed by atoms with E-state index in [1.165, 1.54) is 18.5 Å². The number of benzene rings is 1. The lowest BCUT2D eigenvalue weighted by Crippen LogP contribution is -1.81. The van der Waals surface area contributed by atoms with Gasteiger partial charge in [0.1, 0.15) is 0 Å². The summed E-state index contributed by atoms with van der Waals surface area (Å²) in [6.07, 6.45) is 1.06. The second kappa shape index (κ2) is 3.79. The van der Waals surface area contributed by atoms with E-state index in [1.54, 1.807) is 0 Å². The van der Waals surface area contributed by atoms with E-state index in [9.17, 15) is 0 Å². The number of thiol groups is 1. The number of hydrogen-bond acceptors (Lipinski definition) is 2. The monoisotopic (exact) mass is 320 g/mol. The minimum atomic E-state index is 1.06. The fourth-order valence-corrected chi connectivity index (χ4v) is 3.61. The van der Waals surface area contributed by atoms with Gasteiger partial charge in [0.2, 0.25) is 0 Å². The van der Waals surface area contributed by atoms with Crippen molar-refractivity contribution in [2.24, 2.45) is 0 Å². The molecule has 0 aliphatic heterocycles. The highest BCUT2D eigenvalue weighted by Gasteiger charge is 2.03. The molecule has 0 bridgehead atoms. The molecule has 0 spiro atoms. The van der Waals surface area contributed by atoms with Crippen LogP contribution in [-0.4, -0.2) is 0 Å². The normalized spacial score (nSPS) is 11.0. The zero-order valence-electron chi connectivity index (χ0n) is 7.17. The average molecular weight is 320 g/mol. The maximum atomic E-state index is 4.47. The summed E-state index contributed by atoms with van der Waals surface area (Å²) in [7, 11) is 0. The molecule has 0 amide bonds. The van der Waals surface area contributed by atoms with E-state index in [0.29, 0.717) is 0 Å². The molecule has 1 heterocycles. The summed E-state index contributed by atoms with van der Waals surface area (Å²) < 4.78 is 2.72. The van der Waals surface area contributed by atoms with Gasteiger partial charge in [-0.2, -0.15) is 0 Å². The van der Waals surface area contributed by atoms with E-state index in [2.05, 4.69) is 60.3 Å². The van der Waals surface area contributed by atoms with Crippen LogP contribution in [0.3, 0.4) is 0 Å². The van der Waals surface area contributed by atoms with Gasteiger partial charge in [0.15, 0.2) is 0 Å². The quantitative estimate of drug-likeness (QED) is 0.586. The topological polar surface area (TPSA) is 0 Å². The molecule has 0 aliphatic carbocycles. The van der Waals surface area contributed by atoms with Gasteiger partial charge in [-0.15, -0.1) is 24.0 Å². The van der Waals surface area contributed by atoms with Crippen LogP contribution in [0.1, 0.15) is 12.5 Å². The van der Waals surface area contributed by atoms with E-state index < -0.39 is 0 Å². The predicted octanol–water partition coefficient (Wildman–Crippen LogP) is 4.36. The third kappa shape index (κ3) is 1.87. The van der Waals surface area contributed by atoms with Crippen LogP contribution >= 0.6 is 46.6 Å². The van der Waals surface area contributed by atoms with Crippen LogP contribution in [0.15, 0.2) is 23.1 Å². The van der Waals surface area contributed by atoms with Crippen molar-refractivity contribution in [1.29, 1.82) is 0 Å². The molecule has 0 unspecified atom stereocenters. The maximum absolute atomic E-state index is 4.47.